The van der Waals surface area contributed by atoms with E-state index in [1.54, 1.807) is 6.92 Å². The summed E-state index contributed by atoms with van der Waals surface area (Å²) in [7, 11) is 0. The molecule has 4 nitrogen and oxygen atoms in total. The minimum Gasteiger partial charge on any atom is -0.463 e. The summed E-state index contributed by atoms with van der Waals surface area (Å²) in [5, 5.41) is 0. The molecule has 0 heterocycles. The van der Waals surface area contributed by atoms with Crippen molar-refractivity contribution < 1.29 is 19.1 Å². The van der Waals surface area contributed by atoms with Crippen molar-refractivity contribution in [1.29, 1.82) is 0 Å². The number of ether oxygens (including phenoxy) is 2. The molecule has 2 aliphatic carbocycles. The van der Waals surface area contributed by atoms with Gasteiger partial charge in [-0.05, 0) is 57.1 Å². The van der Waals surface area contributed by atoms with Crippen molar-refractivity contribution in [3.05, 3.63) is 34.9 Å². The fraction of sp³-hybridized carbons (Fsp3) is 0.600. The SMILES string of the molecule is CCOC(=O)C1(OC(=O)Cc2ccc(C)cc2C)CC2CCC1C2. The molecule has 0 N–H and O–H groups in total. The molecule has 1 aromatic rings. The van der Waals surface area contributed by atoms with Crippen LogP contribution in [0.15, 0.2) is 18.2 Å². The lowest BCUT2D eigenvalue weighted by Gasteiger charge is -2.34. The van der Waals surface area contributed by atoms with Crippen molar-refractivity contribution in [1.82, 2.24) is 0 Å². The number of carbonyl (C=O) groups is 2. The van der Waals surface area contributed by atoms with Crippen LogP contribution in [0.2, 0.25) is 0 Å². The standard InChI is InChI=1S/C20H26O4/c1-4-23-19(22)20(12-15-6-8-17(20)10-15)24-18(21)11-16-7-5-13(2)9-14(16)3/h5,7,9,15,17H,4,6,8,10-12H2,1-3H3. The highest BCUT2D eigenvalue weighted by Gasteiger charge is 2.59. The molecule has 1 aromatic carbocycles. The second kappa shape index (κ2) is 6.58. The number of benzene rings is 1. The van der Waals surface area contributed by atoms with Gasteiger partial charge < -0.3 is 9.47 Å². The van der Waals surface area contributed by atoms with E-state index < -0.39 is 5.60 Å². The third-order valence-electron chi connectivity index (χ3n) is 5.54. The number of hydrogen-bond acceptors (Lipinski definition) is 4. The van der Waals surface area contributed by atoms with E-state index in [1.165, 1.54) is 5.56 Å². The van der Waals surface area contributed by atoms with Crippen LogP contribution in [0.3, 0.4) is 0 Å². The molecule has 0 saturated heterocycles. The summed E-state index contributed by atoms with van der Waals surface area (Å²) in [5.74, 6) is -0.0910. The van der Waals surface area contributed by atoms with Crippen molar-refractivity contribution in [3.8, 4) is 0 Å². The Balaban J connectivity index is 1.75. The Morgan fingerprint density at radius 1 is 1.25 bits per heavy atom. The van der Waals surface area contributed by atoms with Crippen LogP contribution in [0.4, 0.5) is 0 Å². The van der Waals surface area contributed by atoms with Crippen LogP contribution in [-0.4, -0.2) is 24.1 Å². The Morgan fingerprint density at radius 3 is 2.62 bits per heavy atom. The molecule has 0 aliphatic heterocycles. The predicted octanol–water partition coefficient (Wildman–Crippen LogP) is 3.51. The summed E-state index contributed by atoms with van der Waals surface area (Å²) in [5.41, 5.74) is 2.15. The van der Waals surface area contributed by atoms with Crippen LogP contribution < -0.4 is 0 Å². The smallest absolute Gasteiger partial charge is 0.350 e. The summed E-state index contributed by atoms with van der Waals surface area (Å²) in [4.78, 5) is 25.1. The number of carbonyl (C=O) groups excluding carboxylic acids is 2. The van der Waals surface area contributed by atoms with Gasteiger partial charge in [0.05, 0.1) is 13.0 Å². The molecule has 2 saturated carbocycles. The second-order valence-corrected chi connectivity index (χ2v) is 7.27. The molecule has 3 rings (SSSR count). The molecule has 0 aromatic heterocycles. The summed E-state index contributed by atoms with van der Waals surface area (Å²) >= 11 is 0. The van der Waals surface area contributed by atoms with E-state index in [0.29, 0.717) is 18.9 Å². The lowest BCUT2D eigenvalue weighted by molar-refractivity contribution is -0.189. The Hall–Kier alpha value is -1.84. The van der Waals surface area contributed by atoms with Gasteiger partial charge in [0.1, 0.15) is 0 Å². The molecule has 2 fully saturated rings. The lowest BCUT2D eigenvalue weighted by Crippen LogP contribution is -2.49. The number of aryl methyl sites for hydroxylation is 2. The highest BCUT2D eigenvalue weighted by molar-refractivity contribution is 5.85. The molecule has 3 atom stereocenters. The molecule has 130 valence electrons. The quantitative estimate of drug-likeness (QED) is 0.775. The van der Waals surface area contributed by atoms with Crippen LogP contribution in [0.1, 0.15) is 49.3 Å². The molecule has 2 bridgehead atoms. The third-order valence-corrected chi connectivity index (χ3v) is 5.54. The Morgan fingerprint density at radius 2 is 2.04 bits per heavy atom. The van der Waals surface area contributed by atoms with Crippen LogP contribution in [0.5, 0.6) is 0 Å². The van der Waals surface area contributed by atoms with Crippen molar-refractivity contribution >= 4 is 11.9 Å². The van der Waals surface area contributed by atoms with E-state index >= 15 is 0 Å². The normalized spacial score (nSPS) is 28.0. The monoisotopic (exact) mass is 330 g/mol. The minimum absolute atomic E-state index is 0.115. The van der Waals surface area contributed by atoms with E-state index in [4.69, 9.17) is 9.47 Å². The van der Waals surface area contributed by atoms with Crippen LogP contribution in [-0.2, 0) is 25.5 Å². The van der Waals surface area contributed by atoms with Gasteiger partial charge in [0.25, 0.3) is 0 Å². The fourth-order valence-electron chi connectivity index (χ4n) is 4.39. The van der Waals surface area contributed by atoms with Gasteiger partial charge in [-0.25, -0.2) is 4.79 Å². The van der Waals surface area contributed by atoms with E-state index in [1.807, 2.05) is 26.0 Å². The Kier molecular flexibility index (Phi) is 4.66. The first-order chi connectivity index (χ1) is 11.4. The van der Waals surface area contributed by atoms with Gasteiger partial charge in [-0.15, -0.1) is 0 Å². The first kappa shape index (κ1) is 17.0. The zero-order valence-electron chi connectivity index (χ0n) is 14.8. The number of fused-ring (bicyclic) bond motifs is 2. The summed E-state index contributed by atoms with van der Waals surface area (Å²) in [6.45, 7) is 6.12. The van der Waals surface area contributed by atoms with Gasteiger partial charge in [0.15, 0.2) is 0 Å². The maximum Gasteiger partial charge on any atom is 0.350 e. The molecule has 2 aliphatic rings. The van der Waals surface area contributed by atoms with Gasteiger partial charge in [-0.1, -0.05) is 23.8 Å². The maximum atomic E-state index is 12.6. The lowest BCUT2D eigenvalue weighted by atomic mass is 9.84. The van der Waals surface area contributed by atoms with Gasteiger partial charge in [-0.3, -0.25) is 4.79 Å². The zero-order valence-corrected chi connectivity index (χ0v) is 14.8. The molecule has 0 radical (unpaired) electrons. The maximum absolute atomic E-state index is 12.6. The molecular weight excluding hydrogens is 304 g/mol. The highest BCUT2D eigenvalue weighted by Crippen LogP contribution is 2.53. The average molecular weight is 330 g/mol. The number of esters is 2. The summed E-state index contributed by atoms with van der Waals surface area (Å²) in [6.07, 6.45) is 3.86. The molecule has 24 heavy (non-hydrogen) atoms. The zero-order chi connectivity index (χ0) is 17.3. The van der Waals surface area contributed by atoms with E-state index in [0.717, 1.165) is 30.4 Å². The topological polar surface area (TPSA) is 52.6 Å². The fourth-order valence-corrected chi connectivity index (χ4v) is 4.39. The molecule has 0 spiro atoms. The van der Waals surface area contributed by atoms with Gasteiger partial charge in [0.2, 0.25) is 5.60 Å². The first-order valence-corrected chi connectivity index (χ1v) is 8.90. The van der Waals surface area contributed by atoms with Gasteiger partial charge >= 0.3 is 11.9 Å². The van der Waals surface area contributed by atoms with E-state index in [-0.39, 0.29) is 24.3 Å². The van der Waals surface area contributed by atoms with Crippen molar-refractivity contribution in [2.24, 2.45) is 11.8 Å². The number of hydrogen-bond donors (Lipinski definition) is 0. The first-order valence-electron chi connectivity index (χ1n) is 8.90. The van der Waals surface area contributed by atoms with E-state index in [9.17, 15) is 9.59 Å². The molecule has 4 heteroatoms. The summed E-state index contributed by atoms with van der Waals surface area (Å²) < 4.78 is 11.1. The van der Waals surface area contributed by atoms with Crippen molar-refractivity contribution in [2.75, 3.05) is 6.61 Å². The van der Waals surface area contributed by atoms with Gasteiger partial charge in [-0.2, -0.15) is 0 Å². The molecule has 3 unspecified atom stereocenters. The van der Waals surface area contributed by atoms with Crippen LogP contribution in [0.25, 0.3) is 0 Å². The average Bonchev–Trinajstić information content (AvgIpc) is 3.11. The predicted molar refractivity (Wildman–Crippen MR) is 90.5 cm³/mol. The highest BCUT2D eigenvalue weighted by atomic mass is 16.6. The number of rotatable bonds is 5. The third kappa shape index (κ3) is 3.06. The molecule has 0 amide bonds. The second-order valence-electron chi connectivity index (χ2n) is 7.27. The van der Waals surface area contributed by atoms with Crippen molar-refractivity contribution in [2.45, 2.75) is 58.5 Å². The van der Waals surface area contributed by atoms with Crippen molar-refractivity contribution in [3.63, 3.8) is 0 Å². The Labute approximate surface area is 143 Å². The molecular formula is C20H26O4. The summed E-state index contributed by atoms with van der Waals surface area (Å²) in [6, 6.07) is 6.01. The Bertz CT molecular complexity index is 651. The minimum atomic E-state index is -1.05. The largest absolute Gasteiger partial charge is 0.463 e. The van der Waals surface area contributed by atoms with E-state index in [2.05, 4.69) is 6.07 Å². The van der Waals surface area contributed by atoms with Crippen LogP contribution in [0, 0.1) is 25.7 Å². The van der Waals surface area contributed by atoms with Gasteiger partial charge in [0, 0.05) is 12.3 Å². The van der Waals surface area contributed by atoms with Crippen LogP contribution >= 0.6 is 0 Å².